The highest BCUT2D eigenvalue weighted by molar-refractivity contribution is 6.30. The van der Waals surface area contributed by atoms with Gasteiger partial charge in [0.25, 0.3) is 0 Å². The van der Waals surface area contributed by atoms with E-state index >= 15 is 0 Å². The molecule has 1 aromatic rings. The van der Waals surface area contributed by atoms with Crippen LogP contribution in [0.25, 0.3) is 0 Å². The summed E-state index contributed by atoms with van der Waals surface area (Å²) in [6.45, 7) is 4.18. The molecular formula is C19H30ClN5O6. The number of carboxylic acid groups (broad SMARTS) is 1. The monoisotopic (exact) mass is 459 g/mol. The summed E-state index contributed by atoms with van der Waals surface area (Å²) in [4.78, 5) is 18.6. The smallest absolute Gasteiger partial charge is 0.333 e. The van der Waals surface area contributed by atoms with E-state index in [0.29, 0.717) is 11.6 Å². The molecule has 31 heavy (non-hydrogen) atoms. The Balaban J connectivity index is 0.000000327. The van der Waals surface area contributed by atoms with Crippen LogP contribution in [0, 0.1) is 5.92 Å². The highest BCUT2D eigenvalue weighted by Gasteiger charge is 2.44. The average molecular weight is 460 g/mol. The summed E-state index contributed by atoms with van der Waals surface area (Å²) in [5, 5.41) is 39.5. The van der Waals surface area contributed by atoms with E-state index < -0.39 is 36.5 Å². The largest absolute Gasteiger partial charge is 0.479 e. The van der Waals surface area contributed by atoms with Crippen molar-refractivity contribution in [2.75, 3.05) is 11.9 Å². The number of unbranched alkanes of at least 4 members (excludes halogenated alkanes) is 1. The zero-order valence-corrected chi connectivity index (χ0v) is 18.1. The van der Waals surface area contributed by atoms with Gasteiger partial charge in [0.05, 0.1) is 6.10 Å². The first kappa shape index (κ1) is 26.6. The maximum absolute atomic E-state index is 10.5. The second-order valence-electron chi connectivity index (χ2n) is 6.85. The number of aliphatic carboxylic acids is 1. The first-order valence-electron chi connectivity index (χ1n) is 9.65. The summed E-state index contributed by atoms with van der Waals surface area (Å²) >= 11 is 5.78. The number of hydrogen-bond acceptors (Lipinski definition) is 6. The van der Waals surface area contributed by atoms with Crippen LogP contribution in [0.2, 0.25) is 5.02 Å². The van der Waals surface area contributed by atoms with Gasteiger partial charge in [0.15, 0.2) is 12.4 Å². The Hall–Kier alpha value is -2.44. The Morgan fingerprint density at radius 3 is 2.35 bits per heavy atom. The molecule has 0 spiro atoms. The number of anilines is 1. The molecule has 1 heterocycles. The van der Waals surface area contributed by atoms with Gasteiger partial charge in [-0.3, -0.25) is 4.99 Å². The number of aliphatic imine (C=N–C) groups is 2. The molecule has 1 aliphatic heterocycles. The third-order valence-corrected chi connectivity index (χ3v) is 4.58. The van der Waals surface area contributed by atoms with Crippen LogP contribution in [-0.2, 0) is 9.53 Å². The lowest BCUT2D eigenvalue weighted by atomic mass is 9.91. The number of guanidine groups is 2. The van der Waals surface area contributed by atoms with Crippen molar-refractivity contribution in [2.45, 2.75) is 51.3 Å². The van der Waals surface area contributed by atoms with Gasteiger partial charge >= 0.3 is 5.97 Å². The number of carboxylic acids is 1. The fourth-order valence-electron chi connectivity index (χ4n) is 2.52. The second-order valence-corrected chi connectivity index (χ2v) is 7.28. The molecular weight excluding hydrogens is 430 g/mol. The SMILES string of the molecule is CCCCN=C(N)N=C(N)Nc1ccc(Cl)cc1.C[C@H]1[C@H](O)[C@@H](O)[C@@H](O)O[C@@H]1C(=O)O. The van der Waals surface area contributed by atoms with Crippen LogP contribution < -0.4 is 16.8 Å². The second kappa shape index (κ2) is 13.1. The molecule has 1 aliphatic rings. The van der Waals surface area contributed by atoms with E-state index in [-0.39, 0.29) is 11.9 Å². The van der Waals surface area contributed by atoms with Gasteiger partial charge < -0.3 is 41.9 Å². The maximum Gasteiger partial charge on any atom is 0.333 e. The number of hydrogen-bond donors (Lipinski definition) is 7. The van der Waals surface area contributed by atoms with Gasteiger partial charge in [-0.05, 0) is 30.7 Å². The van der Waals surface area contributed by atoms with E-state index in [2.05, 4.69) is 27.0 Å². The van der Waals surface area contributed by atoms with Crippen LogP contribution in [-0.4, -0.2) is 69.5 Å². The van der Waals surface area contributed by atoms with Crippen LogP contribution in [0.4, 0.5) is 5.69 Å². The number of nitrogens with one attached hydrogen (secondary N) is 1. The standard InChI is InChI=1S/C12H18ClN5.C7H12O6/c1-2-3-8-16-11(14)18-12(15)17-10-6-4-9(13)5-7-10;1-2-3(8)4(9)7(12)13-5(2)6(10)11/h4-7H,2-3,8H2,1H3,(H5,14,15,16,17,18);2-5,7-9,12H,1H3,(H,10,11)/t;2-,3-,4+,5-,7-/m.0/s1. The lowest BCUT2D eigenvalue weighted by Crippen LogP contribution is -2.55. The molecule has 12 heteroatoms. The third-order valence-electron chi connectivity index (χ3n) is 4.32. The van der Waals surface area contributed by atoms with E-state index in [1.165, 1.54) is 6.92 Å². The van der Waals surface area contributed by atoms with E-state index in [1.54, 1.807) is 24.3 Å². The van der Waals surface area contributed by atoms with Gasteiger partial charge in [-0.1, -0.05) is 31.9 Å². The van der Waals surface area contributed by atoms with Gasteiger partial charge in [0.1, 0.15) is 6.10 Å². The van der Waals surface area contributed by atoms with Crippen molar-refractivity contribution >= 4 is 35.2 Å². The van der Waals surface area contributed by atoms with Crippen LogP contribution in [0.15, 0.2) is 34.3 Å². The molecule has 0 aromatic heterocycles. The quantitative estimate of drug-likeness (QED) is 0.184. The van der Waals surface area contributed by atoms with Crippen LogP contribution in [0.5, 0.6) is 0 Å². The molecule has 0 amide bonds. The van der Waals surface area contributed by atoms with E-state index in [1.807, 2.05) is 0 Å². The van der Waals surface area contributed by atoms with Crippen LogP contribution in [0.1, 0.15) is 26.7 Å². The Morgan fingerprint density at radius 1 is 1.19 bits per heavy atom. The molecule has 2 rings (SSSR count). The lowest BCUT2D eigenvalue weighted by molar-refractivity contribution is -0.265. The fraction of sp³-hybridized carbons (Fsp3) is 0.526. The van der Waals surface area contributed by atoms with Crippen LogP contribution >= 0.6 is 11.6 Å². The van der Waals surface area contributed by atoms with Gasteiger partial charge in [-0.15, -0.1) is 0 Å². The highest BCUT2D eigenvalue weighted by Crippen LogP contribution is 2.24. The maximum atomic E-state index is 10.5. The van der Waals surface area contributed by atoms with E-state index in [9.17, 15) is 9.90 Å². The minimum atomic E-state index is -1.65. The van der Waals surface area contributed by atoms with Crippen molar-refractivity contribution < 1.29 is 30.0 Å². The molecule has 0 radical (unpaired) electrons. The van der Waals surface area contributed by atoms with Gasteiger partial charge in [-0.25, -0.2) is 4.79 Å². The van der Waals surface area contributed by atoms with Crippen molar-refractivity contribution in [2.24, 2.45) is 27.4 Å². The Bertz CT molecular complexity index is 761. The molecule has 0 unspecified atom stereocenters. The van der Waals surface area contributed by atoms with Gasteiger partial charge in [0.2, 0.25) is 11.9 Å². The molecule has 1 fully saturated rings. The van der Waals surface area contributed by atoms with Crippen LogP contribution in [0.3, 0.4) is 0 Å². The molecule has 0 saturated carbocycles. The Morgan fingerprint density at radius 2 is 1.81 bits per heavy atom. The average Bonchev–Trinajstić information content (AvgIpc) is 2.71. The minimum absolute atomic E-state index is 0.183. The summed E-state index contributed by atoms with van der Waals surface area (Å²) in [6, 6.07) is 7.12. The first-order chi connectivity index (χ1) is 14.6. The Labute approximate surface area is 185 Å². The summed E-state index contributed by atoms with van der Waals surface area (Å²) in [7, 11) is 0. The van der Waals surface area contributed by atoms with Crippen molar-refractivity contribution in [1.29, 1.82) is 0 Å². The normalized spacial score (nSPS) is 26.6. The molecule has 174 valence electrons. The summed E-state index contributed by atoms with van der Waals surface area (Å²) in [5.41, 5.74) is 12.1. The lowest BCUT2D eigenvalue weighted by Gasteiger charge is -2.37. The molecule has 11 nitrogen and oxygen atoms in total. The number of rotatable bonds is 5. The minimum Gasteiger partial charge on any atom is -0.479 e. The fourth-order valence-corrected chi connectivity index (χ4v) is 2.64. The number of nitrogens with zero attached hydrogens (tertiary/aromatic N) is 2. The zero-order valence-electron chi connectivity index (χ0n) is 17.3. The van der Waals surface area contributed by atoms with Crippen molar-refractivity contribution in [3.8, 4) is 0 Å². The third kappa shape index (κ3) is 9.07. The van der Waals surface area contributed by atoms with Crippen molar-refractivity contribution in [1.82, 2.24) is 0 Å². The van der Waals surface area contributed by atoms with E-state index in [4.69, 9.17) is 38.4 Å². The zero-order chi connectivity index (χ0) is 23.6. The molecule has 1 saturated heterocycles. The number of halogens is 1. The molecule has 9 N–H and O–H groups in total. The summed E-state index contributed by atoms with van der Waals surface area (Å²) in [6.07, 6.45) is -3.61. The number of aliphatic hydroxyl groups is 3. The van der Waals surface area contributed by atoms with Gasteiger partial charge in [0, 0.05) is 23.2 Å². The first-order valence-corrected chi connectivity index (χ1v) is 10.0. The predicted octanol–water partition coefficient (Wildman–Crippen LogP) is 0.328. The predicted molar refractivity (Wildman–Crippen MR) is 118 cm³/mol. The molecule has 0 aliphatic carbocycles. The molecule has 5 atom stereocenters. The van der Waals surface area contributed by atoms with E-state index in [0.717, 1.165) is 18.5 Å². The number of carbonyl (C=O) groups is 1. The number of benzene rings is 1. The number of nitrogens with two attached hydrogens (primary N) is 2. The molecule has 0 bridgehead atoms. The van der Waals surface area contributed by atoms with Crippen molar-refractivity contribution in [3.63, 3.8) is 0 Å². The summed E-state index contributed by atoms with van der Waals surface area (Å²) in [5.74, 6) is -1.63. The molecule has 1 aromatic carbocycles. The van der Waals surface area contributed by atoms with Gasteiger partial charge in [-0.2, -0.15) is 4.99 Å². The topological polar surface area (TPSA) is 196 Å². The number of aliphatic hydroxyl groups excluding tert-OH is 3. The summed E-state index contributed by atoms with van der Waals surface area (Å²) < 4.78 is 4.59. The number of ether oxygens (including phenoxy) is 1. The highest BCUT2D eigenvalue weighted by atomic mass is 35.5. The Kier molecular flexibility index (Phi) is 11.2. The van der Waals surface area contributed by atoms with Crippen molar-refractivity contribution in [3.05, 3.63) is 29.3 Å².